The molecule has 0 aromatic heterocycles. The van der Waals surface area contributed by atoms with Gasteiger partial charge in [0.1, 0.15) is 6.29 Å². The molecule has 0 aliphatic carbocycles. The lowest BCUT2D eigenvalue weighted by molar-refractivity contribution is -0.109. The molecule has 10 heavy (non-hydrogen) atoms. The molecule has 2 atom stereocenters. The van der Waals surface area contributed by atoms with Gasteiger partial charge in [-0.15, -0.1) is 0 Å². The van der Waals surface area contributed by atoms with Crippen LogP contribution in [-0.4, -0.2) is 30.1 Å². The van der Waals surface area contributed by atoms with Gasteiger partial charge in [0.15, 0.2) is 0 Å². The van der Waals surface area contributed by atoms with E-state index in [0.717, 1.165) is 25.5 Å². The maximum absolute atomic E-state index is 10.2. The topological polar surface area (TPSA) is 49.3 Å². The van der Waals surface area contributed by atoms with Gasteiger partial charge in [0.05, 0.1) is 6.04 Å². The summed E-state index contributed by atoms with van der Waals surface area (Å²) in [5.41, 5.74) is 0. The van der Waals surface area contributed by atoms with E-state index < -0.39 is 0 Å². The van der Waals surface area contributed by atoms with Crippen LogP contribution in [0.3, 0.4) is 0 Å². The molecule has 0 saturated carbocycles. The van der Waals surface area contributed by atoms with Crippen molar-refractivity contribution in [2.24, 2.45) is 0 Å². The smallest absolute Gasteiger partial charge is 0.136 e. The summed E-state index contributed by atoms with van der Waals surface area (Å²) in [6.45, 7) is 0.212. The van der Waals surface area contributed by atoms with Crippen LogP contribution in [0.4, 0.5) is 0 Å². The van der Waals surface area contributed by atoms with Gasteiger partial charge in [0, 0.05) is 12.6 Å². The Bertz CT molecular complexity index is 116. The molecule has 1 aliphatic rings. The zero-order chi connectivity index (χ0) is 7.40. The van der Waals surface area contributed by atoms with E-state index in [4.69, 9.17) is 5.11 Å². The number of hydrogen-bond acceptors (Lipinski definition) is 3. The minimum atomic E-state index is 0.0385. The van der Waals surface area contributed by atoms with Gasteiger partial charge in [-0.2, -0.15) is 0 Å². The highest BCUT2D eigenvalue weighted by molar-refractivity contribution is 5.58. The summed E-state index contributed by atoms with van der Waals surface area (Å²) in [4.78, 5) is 10.2. The molecular weight excluding hydrogens is 130 g/mol. The molecule has 1 rings (SSSR count). The lowest BCUT2D eigenvalue weighted by Crippen LogP contribution is -2.30. The largest absolute Gasteiger partial charge is 0.396 e. The summed E-state index contributed by atoms with van der Waals surface area (Å²) in [6.07, 6.45) is 3.65. The molecule has 2 unspecified atom stereocenters. The first-order chi connectivity index (χ1) is 4.86. The minimum absolute atomic E-state index is 0.0385. The summed E-state index contributed by atoms with van der Waals surface area (Å²) >= 11 is 0. The molecule has 0 aromatic rings. The first kappa shape index (κ1) is 7.69. The van der Waals surface area contributed by atoms with Crippen LogP contribution < -0.4 is 5.32 Å². The van der Waals surface area contributed by atoms with Crippen molar-refractivity contribution in [2.75, 3.05) is 6.61 Å². The van der Waals surface area contributed by atoms with Crippen molar-refractivity contribution in [3.63, 3.8) is 0 Å². The first-order valence-electron chi connectivity index (χ1n) is 3.69. The van der Waals surface area contributed by atoms with Gasteiger partial charge in [-0.05, 0) is 19.3 Å². The van der Waals surface area contributed by atoms with Crippen LogP contribution in [0.15, 0.2) is 0 Å². The molecular formula is C7H13NO2. The van der Waals surface area contributed by atoms with Crippen molar-refractivity contribution < 1.29 is 9.90 Å². The van der Waals surface area contributed by atoms with Gasteiger partial charge in [-0.25, -0.2) is 0 Å². The third-order valence-electron chi connectivity index (χ3n) is 1.92. The van der Waals surface area contributed by atoms with E-state index in [1.165, 1.54) is 0 Å². The second-order valence-electron chi connectivity index (χ2n) is 2.70. The van der Waals surface area contributed by atoms with Crippen molar-refractivity contribution in [1.29, 1.82) is 0 Å². The van der Waals surface area contributed by atoms with Crippen molar-refractivity contribution >= 4 is 6.29 Å². The van der Waals surface area contributed by atoms with E-state index in [0.29, 0.717) is 6.04 Å². The molecule has 0 spiro atoms. The van der Waals surface area contributed by atoms with E-state index in [2.05, 4.69) is 5.32 Å². The second-order valence-corrected chi connectivity index (χ2v) is 2.70. The molecule has 2 N–H and O–H groups in total. The van der Waals surface area contributed by atoms with Crippen LogP contribution in [0, 0.1) is 0 Å². The van der Waals surface area contributed by atoms with Crippen molar-refractivity contribution in [3.8, 4) is 0 Å². The van der Waals surface area contributed by atoms with Gasteiger partial charge in [-0.1, -0.05) is 0 Å². The summed E-state index contributed by atoms with van der Waals surface area (Å²) in [5, 5.41) is 11.7. The SMILES string of the molecule is O=CC1CCC(CCO)N1. The highest BCUT2D eigenvalue weighted by Gasteiger charge is 2.21. The maximum Gasteiger partial charge on any atom is 0.136 e. The van der Waals surface area contributed by atoms with E-state index in [1.807, 2.05) is 0 Å². The van der Waals surface area contributed by atoms with Crippen molar-refractivity contribution in [2.45, 2.75) is 31.3 Å². The normalized spacial score (nSPS) is 32.5. The van der Waals surface area contributed by atoms with E-state index in [-0.39, 0.29) is 12.6 Å². The minimum Gasteiger partial charge on any atom is -0.396 e. The standard InChI is InChI=1S/C7H13NO2/c9-4-3-6-1-2-7(5-10)8-6/h5-9H,1-4H2. The molecule has 0 amide bonds. The van der Waals surface area contributed by atoms with Gasteiger partial charge in [-0.3, -0.25) is 0 Å². The predicted octanol–water partition coefficient (Wildman–Crippen LogP) is -0.312. The molecule has 1 saturated heterocycles. The summed E-state index contributed by atoms with van der Waals surface area (Å²) < 4.78 is 0. The highest BCUT2D eigenvalue weighted by Crippen LogP contribution is 2.12. The summed E-state index contributed by atoms with van der Waals surface area (Å²) in [5.74, 6) is 0. The van der Waals surface area contributed by atoms with Gasteiger partial charge < -0.3 is 15.2 Å². The Labute approximate surface area is 60.4 Å². The Hall–Kier alpha value is -0.410. The monoisotopic (exact) mass is 143 g/mol. The van der Waals surface area contributed by atoms with E-state index >= 15 is 0 Å². The predicted molar refractivity (Wildman–Crippen MR) is 37.7 cm³/mol. The molecule has 0 bridgehead atoms. The van der Waals surface area contributed by atoms with Crippen LogP contribution in [0.1, 0.15) is 19.3 Å². The maximum atomic E-state index is 10.2. The highest BCUT2D eigenvalue weighted by atomic mass is 16.3. The van der Waals surface area contributed by atoms with Gasteiger partial charge in [0.25, 0.3) is 0 Å². The number of nitrogens with one attached hydrogen (secondary N) is 1. The van der Waals surface area contributed by atoms with Crippen LogP contribution in [0.25, 0.3) is 0 Å². The number of hydrogen-bond donors (Lipinski definition) is 2. The fourth-order valence-corrected chi connectivity index (χ4v) is 1.34. The van der Waals surface area contributed by atoms with E-state index in [1.54, 1.807) is 0 Å². The van der Waals surface area contributed by atoms with Crippen LogP contribution in [0.5, 0.6) is 0 Å². The average molecular weight is 143 g/mol. The van der Waals surface area contributed by atoms with Crippen LogP contribution >= 0.6 is 0 Å². The third kappa shape index (κ3) is 1.78. The van der Waals surface area contributed by atoms with Gasteiger partial charge in [0.2, 0.25) is 0 Å². The van der Waals surface area contributed by atoms with Crippen molar-refractivity contribution in [1.82, 2.24) is 5.32 Å². The molecule has 1 aliphatic heterocycles. The Balaban J connectivity index is 2.21. The van der Waals surface area contributed by atoms with E-state index in [9.17, 15) is 4.79 Å². The first-order valence-corrected chi connectivity index (χ1v) is 3.69. The second kappa shape index (κ2) is 3.68. The van der Waals surface area contributed by atoms with Crippen LogP contribution in [-0.2, 0) is 4.79 Å². The Kier molecular flexibility index (Phi) is 2.83. The zero-order valence-electron chi connectivity index (χ0n) is 5.92. The number of rotatable bonds is 3. The molecule has 3 nitrogen and oxygen atoms in total. The number of aldehydes is 1. The average Bonchev–Trinajstić information content (AvgIpc) is 2.37. The number of carbonyl (C=O) groups is 1. The molecule has 0 aromatic carbocycles. The fourth-order valence-electron chi connectivity index (χ4n) is 1.34. The molecule has 0 radical (unpaired) electrons. The molecule has 58 valence electrons. The number of aliphatic hydroxyl groups excluding tert-OH is 1. The Morgan fingerprint density at radius 2 is 2.40 bits per heavy atom. The zero-order valence-corrected chi connectivity index (χ0v) is 5.92. The van der Waals surface area contributed by atoms with Gasteiger partial charge >= 0.3 is 0 Å². The summed E-state index contributed by atoms with van der Waals surface area (Å²) in [6, 6.07) is 0.400. The molecule has 3 heteroatoms. The summed E-state index contributed by atoms with van der Waals surface area (Å²) in [7, 11) is 0. The van der Waals surface area contributed by atoms with Crippen LogP contribution in [0.2, 0.25) is 0 Å². The third-order valence-corrected chi connectivity index (χ3v) is 1.92. The fraction of sp³-hybridized carbons (Fsp3) is 0.857. The molecule has 1 heterocycles. The lowest BCUT2D eigenvalue weighted by Gasteiger charge is -2.07. The number of carbonyl (C=O) groups excluding carboxylic acids is 1. The van der Waals surface area contributed by atoms with Crippen molar-refractivity contribution in [3.05, 3.63) is 0 Å². The Morgan fingerprint density at radius 3 is 2.90 bits per heavy atom. The lowest BCUT2D eigenvalue weighted by atomic mass is 10.1. The number of aliphatic hydroxyl groups is 1. The quantitative estimate of drug-likeness (QED) is 0.533. The molecule has 1 fully saturated rings. The Morgan fingerprint density at radius 1 is 1.60 bits per heavy atom.